The van der Waals surface area contributed by atoms with Crippen molar-refractivity contribution in [1.82, 2.24) is 4.90 Å². The number of aliphatic hydroxyl groups is 2. The molecule has 55 heavy (non-hydrogen) atoms. The Morgan fingerprint density at radius 2 is 1.75 bits per heavy atom. The summed E-state index contributed by atoms with van der Waals surface area (Å²) in [5.74, 6) is 1.20. The van der Waals surface area contributed by atoms with Crippen LogP contribution < -0.4 is 0 Å². The SMILES string of the molecule is CC[C@H]1OC(=O)[C@H](C)C(=O)[C@H](C)C(O[C@@H]2O[C@H](C)C[C@H](N(C)C)C2O)[C@@]2(C)CC(C)C(=NC(C)=O)C(C)C(OC/C(=C/C#Cc3ccccc3)CO2)[C@]1(C)O. The van der Waals surface area contributed by atoms with Gasteiger partial charge in [0.25, 0.3) is 0 Å². The van der Waals surface area contributed by atoms with Crippen LogP contribution in [-0.4, -0.2) is 120 Å². The molecule has 0 saturated carbocycles. The fraction of sp³-hybridized carbons (Fsp3) is 0.674. The summed E-state index contributed by atoms with van der Waals surface area (Å²) in [5.41, 5.74) is -1.23. The Morgan fingerprint density at radius 1 is 1.07 bits per heavy atom. The lowest BCUT2D eigenvalue weighted by atomic mass is 9.73. The maximum Gasteiger partial charge on any atom is 0.316 e. The highest BCUT2D eigenvalue weighted by atomic mass is 16.7. The number of likely N-dealkylation sites (N-methyl/N-ethyl adjacent to an activating group) is 1. The fourth-order valence-corrected chi connectivity index (χ4v) is 8.40. The van der Waals surface area contributed by atoms with E-state index in [9.17, 15) is 24.6 Å². The number of allylic oxidation sites excluding steroid dienone is 1. The summed E-state index contributed by atoms with van der Waals surface area (Å²) in [6.07, 6.45) is -3.03. The molecule has 2 bridgehead atoms. The second kappa shape index (κ2) is 18.8. The molecule has 12 nitrogen and oxygen atoms in total. The number of hydrogen-bond donors (Lipinski definition) is 2. The molecule has 4 rings (SSSR count). The third kappa shape index (κ3) is 10.6. The van der Waals surface area contributed by atoms with Crippen molar-refractivity contribution in [3.8, 4) is 11.8 Å². The third-order valence-corrected chi connectivity index (χ3v) is 11.4. The van der Waals surface area contributed by atoms with Crippen molar-refractivity contribution in [3.05, 3.63) is 47.5 Å². The zero-order chi connectivity index (χ0) is 40.8. The van der Waals surface area contributed by atoms with E-state index in [0.29, 0.717) is 17.7 Å². The van der Waals surface area contributed by atoms with Crippen molar-refractivity contribution >= 4 is 23.4 Å². The highest BCUT2D eigenvalue weighted by Gasteiger charge is 2.53. The van der Waals surface area contributed by atoms with Gasteiger partial charge in [-0.05, 0) is 90.8 Å². The normalized spacial score (nSPS) is 39.7. The van der Waals surface area contributed by atoms with E-state index in [1.54, 1.807) is 26.8 Å². The predicted octanol–water partition coefficient (Wildman–Crippen LogP) is 4.53. The van der Waals surface area contributed by atoms with Crippen molar-refractivity contribution in [3.63, 3.8) is 0 Å². The molecule has 1 aromatic rings. The van der Waals surface area contributed by atoms with Gasteiger partial charge in [-0.25, -0.2) is 4.99 Å². The summed E-state index contributed by atoms with van der Waals surface area (Å²) in [7, 11) is 3.75. The maximum absolute atomic E-state index is 14.4. The molecule has 1 aromatic carbocycles. The lowest BCUT2D eigenvalue weighted by molar-refractivity contribution is -0.296. The highest BCUT2D eigenvalue weighted by molar-refractivity contribution is 6.00. The summed E-state index contributed by atoms with van der Waals surface area (Å²) >= 11 is 0. The zero-order valence-electron chi connectivity index (χ0n) is 34.4. The Labute approximate surface area is 327 Å². The minimum absolute atomic E-state index is 0.0110. The molecule has 13 atom stereocenters. The Balaban J connectivity index is 1.98. The molecule has 3 aliphatic rings. The van der Waals surface area contributed by atoms with Gasteiger partial charge in [0.15, 0.2) is 12.1 Å². The summed E-state index contributed by atoms with van der Waals surface area (Å²) in [6, 6.07) is 9.22. The summed E-state index contributed by atoms with van der Waals surface area (Å²) < 4.78 is 32.5. The van der Waals surface area contributed by atoms with E-state index in [4.69, 9.17) is 23.7 Å². The predicted molar refractivity (Wildman–Crippen MR) is 208 cm³/mol. The van der Waals surface area contributed by atoms with Gasteiger partial charge in [0.05, 0.1) is 37.1 Å². The summed E-state index contributed by atoms with van der Waals surface area (Å²) in [4.78, 5) is 47.5. The minimum Gasteiger partial charge on any atom is -0.459 e. The first kappa shape index (κ1) is 44.4. The number of ether oxygens (including phenoxy) is 5. The van der Waals surface area contributed by atoms with Crippen LogP contribution in [-0.2, 0) is 38.1 Å². The Hall–Kier alpha value is -3.28. The standard InChI is InChI=1S/C43H62N2O10/c1-12-34-43(9,50)39-27(4)35(44-30(7)46)25(2)22-42(8,52-24-32(23-51-39)20-16-19-31-17-14-13-15-18-31)38(28(5)36(47)29(6)40(49)54-34)55-41-37(48)33(45(10)11)21-26(3)53-41/h13-15,17-18,20,25-29,33-34,37-39,41,48,50H,12,21-24H2,1-11H3/b32-20-,44-35?/t25?,26-,27?,28+,29-,33+,34-,37?,38?,39?,41+,42-,43-/m1/s1. The van der Waals surface area contributed by atoms with Crippen molar-refractivity contribution in [2.75, 3.05) is 27.3 Å². The number of rotatable bonds is 4. The van der Waals surface area contributed by atoms with Crippen molar-refractivity contribution in [2.45, 2.75) is 136 Å². The van der Waals surface area contributed by atoms with E-state index in [0.717, 1.165) is 5.56 Å². The number of carbonyl (C=O) groups excluding carboxylic acids is 3. The molecule has 0 aromatic heterocycles. The van der Waals surface area contributed by atoms with Crippen LogP contribution in [0, 0.1) is 35.5 Å². The van der Waals surface area contributed by atoms with E-state index in [1.165, 1.54) is 13.8 Å². The summed E-state index contributed by atoms with van der Waals surface area (Å²) in [6.45, 7) is 15.3. The number of esters is 1. The van der Waals surface area contributed by atoms with Gasteiger partial charge in [-0.15, -0.1) is 0 Å². The number of aliphatic hydroxyl groups excluding tert-OH is 1. The van der Waals surface area contributed by atoms with Gasteiger partial charge in [0.2, 0.25) is 5.91 Å². The second-order valence-electron chi connectivity index (χ2n) is 16.3. The second-order valence-corrected chi connectivity index (χ2v) is 16.3. The lowest BCUT2D eigenvalue weighted by Gasteiger charge is -2.47. The van der Waals surface area contributed by atoms with Crippen LogP contribution in [0.15, 0.2) is 47.0 Å². The van der Waals surface area contributed by atoms with E-state index >= 15 is 0 Å². The first-order valence-corrected chi connectivity index (χ1v) is 19.5. The van der Waals surface area contributed by atoms with Crippen LogP contribution in [0.3, 0.4) is 0 Å². The summed E-state index contributed by atoms with van der Waals surface area (Å²) in [5, 5.41) is 24.0. The molecule has 5 unspecified atom stereocenters. The third-order valence-electron chi connectivity index (χ3n) is 11.4. The number of Topliss-reactive ketones (excluding diaryl/α,β-unsaturated/α-hetero) is 1. The Kier molecular flexibility index (Phi) is 15.2. The molecule has 3 aliphatic heterocycles. The smallest absolute Gasteiger partial charge is 0.316 e. The van der Waals surface area contributed by atoms with E-state index in [2.05, 4.69) is 16.8 Å². The van der Waals surface area contributed by atoms with Gasteiger partial charge in [-0.3, -0.25) is 14.4 Å². The number of fused-ring (bicyclic) bond motifs is 5. The van der Waals surface area contributed by atoms with Gasteiger partial charge in [0.1, 0.15) is 23.7 Å². The topological polar surface area (TPSA) is 153 Å². The number of benzene rings is 1. The number of amides is 1. The Bertz CT molecular complexity index is 1630. The van der Waals surface area contributed by atoms with Gasteiger partial charge in [-0.1, -0.05) is 57.7 Å². The van der Waals surface area contributed by atoms with E-state index < -0.39 is 83.2 Å². The molecule has 3 heterocycles. The number of aliphatic imine (C=N–C) groups is 1. The molecule has 0 aliphatic carbocycles. The molecule has 12 heteroatoms. The van der Waals surface area contributed by atoms with Crippen LogP contribution >= 0.6 is 0 Å². The van der Waals surface area contributed by atoms with Gasteiger partial charge in [-0.2, -0.15) is 0 Å². The first-order valence-electron chi connectivity index (χ1n) is 19.5. The van der Waals surface area contributed by atoms with Crippen LogP contribution in [0.5, 0.6) is 0 Å². The quantitative estimate of drug-likeness (QED) is 0.253. The van der Waals surface area contributed by atoms with Crippen molar-refractivity contribution in [1.29, 1.82) is 0 Å². The van der Waals surface area contributed by atoms with Crippen LogP contribution in [0.1, 0.15) is 87.1 Å². The molecule has 3 saturated heterocycles. The minimum atomic E-state index is -1.79. The molecular formula is C43H62N2O10. The van der Waals surface area contributed by atoms with Gasteiger partial charge in [0, 0.05) is 36.1 Å². The van der Waals surface area contributed by atoms with Crippen LogP contribution in [0.2, 0.25) is 0 Å². The average molecular weight is 767 g/mol. The molecule has 0 spiro atoms. The van der Waals surface area contributed by atoms with Crippen LogP contribution in [0.4, 0.5) is 0 Å². The number of ketones is 1. The van der Waals surface area contributed by atoms with Gasteiger partial charge >= 0.3 is 5.97 Å². The maximum atomic E-state index is 14.4. The number of nitrogens with zero attached hydrogens (tertiary/aromatic N) is 2. The van der Waals surface area contributed by atoms with Gasteiger partial charge < -0.3 is 38.8 Å². The van der Waals surface area contributed by atoms with E-state index in [1.807, 2.05) is 77.0 Å². The number of carbonyl (C=O) groups is 3. The first-order chi connectivity index (χ1) is 25.8. The van der Waals surface area contributed by atoms with Crippen molar-refractivity contribution < 1.29 is 48.3 Å². The Morgan fingerprint density at radius 3 is 2.36 bits per heavy atom. The monoisotopic (exact) mass is 766 g/mol. The largest absolute Gasteiger partial charge is 0.459 e. The number of cyclic esters (lactones) is 1. The molecule has 0 radical (unpaired) electrons. The molecule has 1 amide bonds. The molecular weight excluding hydrogens is 704 g/mol. The molecule has 304 valence electrons. The highest BCUT2D eigenvalue weighted by Crippen LogP contribution is 2.40. The number of hydrogen-bond acceptors (Lipinski definition) is 11. The van der Waals surface area contributed by atoms with Crippen LogP contribution in [0.25, 0.3) is 0 Å². The fourth-order valence-electron chi connectivity index (χ4n) is 8.40. The molecule has 2 N–H and O–H groups in total. The average Bonchev–Trinajstić information content (AvgIpc) is 3.14. The lowest BCUT2D eigenvalue weighted by Crippen LogP contribution is -2.60. The van der Waals surface area contributed by atoms with Crippen molar-refractivity contribution in [2.24, 2.45) is 28.7 Å². The zero-order valence-corrected chi connectivity index (χ0v) is 34.4. The van der Waals surface area contributed by atoms with E-state index in [-0.39, 0.29) is 38.2 Å². The molecule has 3 fully saturated rings.